The lowest BCUT2D eigenvalue weighted by Crippen LogP contribution is -2.32. The molecule has 204 valence electrons. The summed E-state index contributed by atoms with van der Waals surface area (Å²) in [4.78, 5) is 37.1. The summed E-state index contributed by atoms with van der Waals surface area (Å²) in [6, 6.07) is 7.00. The Morgan fingerprint density at radius 3 is 2.16 bits per heavy atom. The third-order valence-electron chi connectivity index (χ3n) is 4.43. The predicted octanol–water partition coefficient (Wildman–Crippen LogP) is 6.33. The Hall–Kier alpha value is -3.52. The van der Waals surface area contributed by atoms with Crippen LogP contribution in [-0.4, -0.2) is 30.1 Å². The zero-order valence-corrected chi connectivity index (χ0v) is 23.8. The molecule has 0 bridgehead atoms. The number of allylic oxidation sites excluding steroid dienone is 5. The van der Waals surface area contributed by atoms with Crippen molar-refractivity contribution in [3.05, 3.63) is 81.7 Å². The minimum absolute atomic E-state index is 0.0157. The molecule has 0 aromatic heterocycles. The molecule has 0 saturated carbocycles. The highest BCUT2D eigenvalue weighted by molar-refractivity contribution is 6.31. The van der Waals surface area contributed by atoms with Crippen LogP contribution in [0.25, 0.3) is 0 Å². The zero-order chi connectivity index (χ0) is 28.8. The van der Waals surface area contributed by atoms with Gasteiger partial charge in [-0.3, -0.25) is 10.1 Å². The van der Waals surface area contributed by atoms with Crippen LogP contribution in [0.4, 0.5) is 9.59 Å². The maximum atomic E-state index is 12.9. The number of alkyl carbamates (subject to hydrolysis) is 2. The summed E-state index contributed by atoms with van der Waals surface area (Å²) in [5, 5.41) is 5.63. The third kappa shape index (κ3) is 13.4. The van der Waals surface area contributed by atoms with Crippen molar-refractivity contribution in [1.82, 2.24) is 10.6 Å². The number of hydrogen-bond donors (Lipinski definition) is 3. The van der Waals surface area contributed by atoms with Gasteiger partial charge in [-0.2, -0.15) is 0 Å². The van der Waals surface area contributed by atoms with Crippen LogP contribution in [-0.2, 0) is 20.9 Å². The van der Waals surface area contributed by atoms with Gasteiger partial charge >= 0.3 is 12.2 Å². The summed E-state index contributed by atoms with van der Waals surface area (Å²) in [6.45, 7) is 17.8. The fourth-order valence-electron chi connectivity index (χ4n) is 2.60. The van der Waals surface area contributed by atoms with Gasteiger partial charge in [0.1, 0.15) is 12.2 Å². The maximum Gasteiger partial charge on any atom is 0.412 e. The van der Waals surface area contributed by atoms with E-state index in [-0.39, 0.29) is 30.2 Å². The number of rotatable bonds is 9. The molecule has 2 amide bonds. The molecule has 0 heterocycles. The summed E-state index contributed by atoms with van der Waals surface area (Å²) in [6.07, 6.45) is 1.72. The van der Waals surface area contributed by atoms with E-state index in [4.69, 9.17) is 26.8 Å². The summed E-state index contributed by atoms with van der Waals surface area (Å²) >= 11 is 6.05. The Bertz CT molecular complexity index is 1060. The van der Waals surface area contributed by atoms with Gasteiger partial charge in [-0.25, -0.2) is 9.59 Å². The average Bonchev–Trinajstić information content (AvgIpc) is 2.80. The van der Waals surface area contributed by atoms with E-state index in [1.54, 1.807) is 71.9 Å². The summed E-state index contributed by atoms with van der Waals surface area (Å²) in [5.74, 6) is -0.369. The van der Waals surface area contributed by atoms with E-state index in [1.165, 1.54) is 6.08 Å². The van der Waals surface area contributed by atoms with Gasteiger partial charge in [0.2, 0.25) is 0 Å². The molecular formula is C28H40ClN3O5. The SMILES string of the molecule is C=C(C)/C(=C\C=C(/C)C(=O)/C(CNC(=O)OCc1ccccc1Cl)=C(/C)N)NC(=O)OC(C)(C)C.CC. The van der Waals surface area contributed by atoms with Crippen molar-refractivity contribution in [2.24, 2.45) is 5.73 Å². The van der Waals surface area contributed by atoms with Gasteiger partial charge in [0.05, 0.1) is 6.54 Å². The second-order valence-electron chi connectivity index (χ2n) is 8.85. The Morgan fingerprint density at radius 2 is 1.65 bits per heavy atom. The summed E-state index contributed by atoms with van der Waals surface area (Å²) in [7, 11) is 0. The smallest absolute Gasteiger partial charge is 0.412 e. The van der Waals surface area contributed by atoms with Crippen molar-refractivity contribution >= 4 is 29.6 Å². The van der Waals surface area contributed by atoms with Crippen molar-refractivity contribution < 1.29 is 23.9 Å². The molecule has 0 fully saturated rings. The minimum atomic E-state index is -0.718. The van der Waals surface area contributed by atoms with E-state index >= 15 is 0 Å². The topological polar surface area (TPSA) is 120 Å². The van der Waals surface area contributed by atoms with Crippen LogP contribution >= 0.6 is 11.6 Å². The van der Waals surface area contributed by atoms with Gasteiger partial charge in [-0.15, -0.1) is 0 Å². The number of ketones is 1. The number of nitrogens with one attached hydrogen (secondary N) is 2. The molecule has 1 aromatic carbocycles. The first kappa shape index (κ1) is 33.5. The van der Waals surface area contributed by atoms with Crippen molar-refractivity contribution in [3.63, 3.8) is 0 Å². The molecule has 0 unspecified atom stereocenters. The van der Waals surface area contributed by atoms with Crippen LogP contribution in [0.15, 0.2) is 71.1 Å². The fraction of sp³-hybridized carbons (Fsp3) is 0.393. The summed E-state index contributed by atoms with van der Waals surface area (Å²) < 4.78 is 10.4. The number of amides is 2. The van der Waals surface area contributed by atoms with Crippen molar-refractivity contribution in [2.75, 3.05) is 6.54 Å². The molecule has 4 N–H and O–H groups in total. The van der Waals surface area contributed by atoms with E-state index in [2.05, 4.69) is 17.2 Å². The molecule has 0 spiro atoms. The Morgan fingerprint density at radius 1 is 1.05 bits per heavy atom. The van der Waals surface area contributed by atoms with Gasteiger partial charge < -0.3 is 20.5 Å². The van der Waals surface area contributed by atoms with Gasteiger partial charge in [-0.1, -0.05) is 56.3 Å². The maximum absolute atomic E-state index is 12.9. The lowest BCUT2D eigenvalue weighted by molar-refractivity contribution is -0.112. The van der Waals surface area contributed by atoms with Gasteiger partial charge in [0.15, 0.2) is 5.78 Å². The number of Topliss-reactive ketones (excluding diaryl/α,β-unsaturated/α-hetero) is 1. The molecule has 0 aliphatic heterocycles. The minimum Gasteiger partial charge on any atom is -0.445 e. The molecular weight excluding hydrogens is 494 g/mol. The molecule has 0 saturated heterocycles. The molecule has 1 aromatic rings. The van der Waals surface area contributed by atoms with Crippen LogP contribution in [0.5, 0.6) is 0 Å². The number of carbonyl (C=O) groups is 3. The quantitative estimate of drug-likeness (QED) is 0.252. The highest BCUT2D eigenvalue weighted by atomic mass is 35.5. The normalized spacial score (nSPS) is 12.4. The Balaban J connectivity index is 0.00000631. The number of nitrogens with two attached hydrogens (primary N) is 1. The first-order valence-corrected chi connectivity index (χ1v) is 12.3. The van der Waals surface area contributed by atoms with Crippen molar-refractivity contribution in [1.29, 1.82) is 0 Å². The summed E-state index contributed by atoms with van der Waals surface area (Å²) in [5.41, 5.74) is 7.65. The molecule has 0 radical (unpaired) electrons. The first-order valence-electron chi connectivity index (χ1n) is 11.9. The van der Waals surface area contributed by atoms with Crippen LogP contribution in [0.2, 0.25) is 5.02 Å². The Kier molecular flexibility index (Phi) is 14.7. The molecule has 37 heavy (non-hydrogen) atoms. The highest BCUT2D eigenvalue weighted by Gasteiger charge is 2.18. The average molecular weight is 534 g/mol. The van der Waals surface area contributed by atoms with Crippen LogP contribution < -0.4 is 16.4 Å². The van der Waals surface area contributed by atoms with E-state index in [1.807, 2.05) is 13.8 Å². The van der Waals surface area contributed by atoms with Crippen molar-refractivity contribution in [2.45, 2.75) is 67.6 Å². The molecule has 0 aliphatic rings. The molecule has 9 heteroatoms. The monoisotopic (exact) mass is 533 g/mol. The number of ether oxygens (including phenoxy) is 2. The molecule has 1 rings (SSSR count). The molecule has 0 aliphatic carbocycles. The number of hydrogen-bond acceptors (Lipinski definition) is 6. The van der Waals surface area contributed by atoms with Crippen LogP contribution in [0.3, 0.4) is 0 Å². The molecule has 0 atom stereocenters. The zero-order valence-electron chi connectivity index (χ0n) is 23.1. The van der Waals surface area contributed by atoms with Crippen LogP contribution in [0.1, 0.15) is 61.0 Å². The van der Waals surface area contributed by atoms with Gasteiger partial charge in [-0.05, 0) is 64.8 Å². The second-order valence-corrected chi connectivity index (χ2v) is 9.26. The standard InChI is InChI=1S/C26H34ClN3O5.C2H6/c1-16(2)22(30-25(33)35-26(5,6)7)13-12-17(3)23(31)20(18(4)28)14-29-24(32)34-15-19-10-8-9-11-21(19)27;1-2/h8-13H,1,14-15,28H2,2-7H3,(H,29,32)(H,30,33);1-2H3/b17-12+,20-18-,22-13+;. The number of carbonyl (C=O) groups excluding carboxylic acids is 3. The fourth-order valence-corrected chi connectivity index (χ4v) is 2.79. The Labute approximate surface area is 225 Å². The van der Waals surface area contributed by atoms with Crippen molar-refractivity contribution in [3.8, 4) is 0 Å². The third-order valence-corrected chi connectivity index (χ3v) is 4.80. The number of halogens is 1. The van der Waals surface area contributed by atoms with Gasteiger partial charge in [0, 0.05) is 27.6 Å². The lowest BCUT2D eigenvalue weighted by atomic mass is 10.0. The van der Waals surface area contributed by atoms with Gasteiger partial charge in [0.25, 0.3) is 0 Å². The predicted molar refractivity (Wildman–Crippen MR) is 149 cm³/mol. The first-order chi connectivity index (χ1) is 17.2. The second kappa shape index (κ2) is 16.3. The van der Waals surface area contributed by atoms with Crippen LogP contribution in [0, 0.1) is 0 Å². The highest BCUT2D eigenvalue weighted by Crippen LogP contribution is 2.16. The van der Waals surface area contributed by atoms with E-state index in [9.17, 15) is 14.4 Å². The number of benzene rings is 1. The molecule has 8 nitrogen and oxygen atoms in total. The largest absolute Gasteiger partial charge is 0.445 e. The lowest BCUT2D eigenvalue weighted by Gasteiger charge is -2.20. The van der Waals surface area contributed by atoms with E-state index in [0.717, 1.165) is 0 Å². The van der Waals surface area contributed by atoms with E-state index in [0.29, 0.717) is 27.4 Å². The van der Waals surface area contributed by atoms with E-state index < -0.39 is 17.8 Å².